The molecule has 0 radical (unpaired) electrons. The molecule has 2 heterocycles. The molecule has 0 bridgehead atoms. The summed E-state index contributed by atoms with van der Waals surface area (Å²) in [6.45, 7) is 5.84. The average Bonchev–Trinajstić information content (AvgIpc) is 3.56. The number of hydrogen-bond donors (Lipinski definition) is 0. The number of aryl methyl sites for hydroxylation is 1. The van der Waals surface area contributed by atoms with Gasteiger partial charge in [-0.15, -0.1) is 0 Å². The summed E-state index contributed by atoms with van der Waals surface area (Å²) in [5, 5.41) is 0. The van der Waals surface area contributed by atoms with E-state index >= 15 is 0 Å². The highest BCUT2D eigenvalue weighted by molar-refractivity contribution is 5.96. The lowest BCUT2D eigenvalue weighted by atomic mass is 10.1. The molecule has 6 nitrogen and oxygen atoms in total. The molecule has 3 aromatic rings. The lowest BCUT2D eigenvalue weighted by Crippen LogP contribution is -2.45. The molecule has 0 spiro atoms. The third kappa shape index (κ3) is 7.28. The highest BCUT2D eigenvalue weighted by Crippen LogP contribution is 2.14. The van der Waals surface area contributed by atoms with E-state index in [4.69, 9.17) is 4.42 Å². The number of nitrogens with zero attached hydrogens (tertiary/aromatic N) is 3. The summed E-state index contributed by atoms with van der Waals surface area (Å²) in [6.07, 6.45) is 3.01. The van der Waals surface area contributed by atoms with Crippen LogP contribution in [-0.2, 0) is 17.8 Å². The number of hydrogen-bond acceptors (Lipinski definition) is 4. The van der Waals surface area contributed by atoms with E-state index in [2.05, 4.69) is 4.90 Å². The van der Waals surface area contributed by atoms with Crippen LogP contribution in [0.15, 0.2) is 71.1 Å². The fraction of sp³-hybridized carbons (Fsp3) is 0.379. The van der Waals surface area contributed by atoms with Crippen molar-refractivity contribution in [2.24, 2.45) is 0 Å². The van der Waals surface area contributed by atoms with Crippen LogP contribution < -0.4 is 0 Å². The van der Waals surface area contributed by atoms with Crippen molar-refractivity contribution < 1.29 is 18.4 Å². The second kappa shape index (κ2) is 12.5. The minimum absolute atomic E-state index is 0.0431. The molecule has 1 aliphatic rings. The average molecular weight is 492 g/mol. The summed E-state index contributed by atoms with van der Waals surface area (Å²) < 4.78 is 19.2. The molecule has 190 valence electrons. The van der Waals surface area contributed by atoms with Crippen molar-refractivity contribution in [3.05, 3.63) is 95.2 Å². The van der Waals surface area contributed by atoms with Gasteiger partial charge in [0.25, 0.3) is 5.91 Å². The van der Waals surface area contributed by atoms with E-state index in [9.17, 15) is 14.0 Å². The van der Waals surface area contributed by atoms with Gasteiger partial charge in [-0.2, -0.15) is 0 Å². The standard InChI is InChI=1S/C29H34FN3O3/c1-23-9-14-27(36-23)21-32(18-15-24-7-3-2-4-8-24)28(34)22-33(20-19-31-16-5-6-17-31)29(35)25-10-12-26(30)13-11-25/h2-4,7-14H,5-6,15-22H2,1H3. The van der Waals surface area contributed by atoms with E-state index in [1.807, 2.05) is 49.4 Å². The Kier molecular flexibility index (Phi) is 8.90. The van der Waals surface area contributed by atoms with Crippen LogP contribution in [0, 0.1) is 12.7 Å². The first kappa shape index (κ1) is 25.6. The maximum absolute atomic E-state index is 13.6. The molecule has 0 N–H and O–H groups in total. The quantitative estimate of drug-likeness (QED) is 0.395. The van der Waals surface area contributed by atoms with Gasteiger partial charge in [0.2, 0.25) is 5.91 Å². The smallest absolute Gasteiger partial charge is 0.254 e. The molecule has 0 unspecified atom stereocenters. The molecule has 0 atom stereocenters. The molecule has 0 saturated carbocycles. The zero-order chi connectivity index (χ0) is 25.3. The van der Waals surface area contributed by atoms with Crippen molar-refractivity contribution in [2.75, 3.05) is 39.3 Å². The van der Waals surface area contributed by atoms with Crippen LogP contribution in [0.5, 0.6) is 0 Å². The topological polar surface area (TPSA) is 57.0 Å². The lowest BCUT2D eigenvalue weighted by molar-refractivity contribution is -0.132. The van der Waals surface area contributed by atoms with Crippen molar-refractivity contribution in [3.8, 4) is 0 Å². The van der Waals surface area contributed by atoms with Crippen molar-refractivity contribution in [1.29, 1.82) is 0 Å². The normalized spacial score (nSPS) is 13.6. The van der Waals surface area contributed by atoms with Crippen LogP contribution in [0.3, 0.4) is 0 Å². The van der Waals surface area contributed by atoms with Gasteiger partial charge in [0, 0.05) is 25.2 Å². The van der Waals surface area contributed by atoms with Gasteiger partial charge in [-0.1, -0.05) is 30.3 Å². The molecule has 1 aromatic heterocycles. The van der Waals surface area contributed by atoms with Crippen molar-refractivity contribution in [2.45, 2.75) is 32.7 Å². The van der Waals surface area contributed by atoms with Crippen molar-refractivity contribution in [3.63, 3.8) is 0 Å². The largest absolute Gasteiger partial charge is 0.464 e. The fourth-order valence-corrected chi connectivity index (χ4v) is 4.52. The summed E-state index contributed by atoms with van der Waals surface area (Å²) in [6, 6.07) is 19.3. The number of rotatable bonds is 11. The van der Waals surface area contributed by atoms with Crippen LogP contribution in [-0.4, -0.2) is 65.8 Å². The van der Waals surface area contributed by atoms with Gasteiger partial charge in [0.15, 0.2) is 0 Å². The number of benzene rings is 2. The van der Waals surface area contributed by atoms with Gasteiger partial charge < -0.3 is 19.1 Å². The molecule has 7 heteroatoms. The summed E-state index contributed by atoms with van der Waals surface area (Å²) in [4.78, 5) is 32.6. The van der Waals surface area contributed by atoms with Crippen LogP contribution in [0.4, 0.5) is 4.39 Å². The Morgan fingerprint density at radius 3 is 2.31 bits per heavy atom. The van der Waals surface area contributed by atoms with Gasteiger partial charge in [0.05, 0.1) is 6.54 Å². The summed E-state index contributed by atoms with van der Waals surface area (Å²) in [5.41, 5.74) is 1.52. The first-order chi connectivity index (χ1) is 17.5. The fourth-order valence-electron chi connectivity index (χ4n) is 4.52. The maximum Gasteiger partial charge on any atom is 0.254 e. The Morgan fingerprint density at radius 2 is 1.64 bits per heavy atom. The second-order valence-electron chi connectivity index (χ2n) is 9.35. The molecular weight excluding hydrogens is 457 g/mol. The van der Waals surface area contributed by atoms with E-state index in [1.165, 1.54) is 24.3 Å². The van der Waals surface area contributed by atoms with Gasteiger partial charge in [-0.05, 0) is 81.2 Å². The Labute approximate surface area is 212 Å². The minimum atomic E-state index is -0.396. The predicted octanol–water partition coefficient (Wildman–Crippen LogP) is 4.54. The van der Waals surface area contributed by atoms with Gasteiger partial charge in [-0.3, -0.25) is 9.59 Å². The summed E-state index contributed by atoms with van der Waals surface area (Å²) >= 11 is 0. The monoisotopic (exact) mass is 491 g/mol. The number of carbonyl (C=O) groups excluding carboxylic acids is 2. The van der Waals surface area contributed by atoms with Crippen LogP contribution in [0.25, 0.3) is 0 Å². The number of halogens is 1. The second-order valence-corrected chi connectivity index (χ2v) is 9.35. The highest BCUT2D eigenvalue weighted by atomic mass is 19.1. The predicted molar refractivity (Wildman–Crippen MR) is 137 cm³/mol. The Hall–Kier alpha value is -3.45. The van der Waals surface area contributed by atoms with Crippen LogP contribution in [0.2, 0.25) is 0 Å². The summed E-state index contributed by atoms with van der Waals surface area (Å²) in [7, 11) is 0. The molecule has 2 amide bonds. The lowest BCUT2D eigenvalue weighted by Gasteiger charge is -2.29. The maximum atomic E-state index is 13.6. The number of amides is 2. The molecule has 36 heavy (non-hydrogen) atoms. The van der Waals surface area contributed by atoms with Crippen molar-refractivity contribution >= 4 is 11.8 Å². The molecule has 1 fully saturated rings. The van der Waals surface area contributed by atoms with Gasteiger partial charge >= 0.3 is 0 Å². The molecule has 4 rings (SSSR count). The van der Waals surface area contributed by atoms with E-state index in [-0.39, 0.29) is 18.4 Å². The SMILES string of the molecule is Cc1ccc(CN(CCc2ccccc2)C(=O)CN(CCN2CCCC2)C(=O)c2ccc(F)cc2)o1. The zero-order valence-electron chi connectivity index (χ0n) is 20.9. The molecule has 1 saturated heterocycles. The highest BCUT2D eigenvalue weighted by Gasteiger charge is 2.24. The summed E-state index contributed by atoms with van der Waals surface area (Å²) in [5.74, 6) is 0.699. The Morgan fingerprint density at radius 1 is 0.917 bits per heavy atom. The van der Waals surface area contributed by atoms with Gasteiger partial charge in [-0.25, -0.2) is 4.39 Å². The van der Waals surface area contributed by atoms with E-state index < -0.39 is 5.82 Å². The van der Waals surface area contributed by atoms with Gasteiger partial charge in [0.1, 0.15) is 23.9 Å². The zero-order valence-corrected chi connectivity index (χ0v) is 20.9. The van der Waals surface area contributed by atoms with E-state index in [0.29, 0.717) is 43.9 Å². The number of carbonyl (C=O) groups is 2. The van der Waals surface area contributed by atoms with E-state index in [1.54, 1.807) is 9.80 Å². The number of furan rings is 1. The first-order valence-electron chi connectivity index (χ1n) is 12.6. The molecular formula is C29H34FN3O3. The van der Waals surface area contributed by atoms with Crippen LogP contribution >= 0.6 is 0 Å². The molecule has 0 aliphatic carbocycles. The van der Waals surface area contributed by atoms with Crippen LogP contribution in [0.1, 0.15) is 40.3 Å². The van der Waals surface area contributed by atoms with E-state index in [0.717, 1.165) is 37.3 Å². The van der Waals surface area contributed by atoms with Crippen molar-refractivity contribution in [1.82, 2.24) is 14.7 Å². The first-order valence-corrected chi connectivity index (χ1v) is 12.6. The molecule has 2 aromatic carbocycles. The molecule has 1 aliphatic heterocycles. The Bertz CT molecular complexity index is 1120. The number of likely N-dealkylation sites (tertiary alicyclic amines) is 1. The minimum Gasteiger partial charge on any atom is -0.464 e. The Balaban J connectivity index is 1.49. The third-order valence-electron chi connectivity index (χ3n) is 6.60. The third-order valence-corrected chi connectivity index (χ3v) is 6.60.